The van der Waals surface area contributed by atoms with E-state index < -0.39 is 0 Å². The second kappa shape index (κ2) is 3.59. The molecule has 0 saturated carbocycles. The lowest BCUT2D eigenvalue weighted by molar-refractivity contribution is -0.115. The largest absolute Gasteiger partial charge is 0.462 e. The fraction of sp³-hybridized carbons (Fsp3) is 0.111. The van der Waals surface area contributed by atoms with Crippen LogP contribution >= 0.6 is 24.0 Å². The van der Waals surface area contributed by atoms with E-state index in [1.54, 1.807) is 6.08 Å². The summed E-state index contributed by atoms with van der Waals surface area (Å²) in [6, 6.07) is 3.67. The van der Waals surface area contributed by atoms with Gasteiger partial charge in [-0.15, -0.1) is 0 Å². The summed E-state index contributed by atoms with van der Waals surface area (Å²) in [5.41, 5.74) is 0. The van der Waals surface area contributed by atoms with Gasteiger partial charge in [0.25, 0.3) is 5.91 Å². The number of carbonyl (C=O) groups excluding carboxylic acids is 1. The third-order valence-electron chi connectivity index (χ3n) is 1.68. The predicted octanol–water partition coefficient (Wildman–Crippen LogP) is 2.08. The predicted molar refractivity (Wildman–Crippen MR) is 59.8 cm³/mol. The van der Waals surface area contributed by atoms with Gasteiger partial charge in [0.05, 0.1) is 4.91 Å². The Labute approximate surface area is 90.5 Å². The molecule has 1 aromatic rings. The summed E-state index contributed by atoms with van der Waals surface area (Å²) in [5.74, 6) is 1.33. The quantitative estimate of drug-likeness (QED) is 0.587. The first-order chi connectivity index (χ1) is 6.65. The Morgan fingerprint density at radius 1 is 1.57 bits per heavy atom. The van der Waals surface area contributed by atoms with Crippen molar-refractivity contribution in [1.29, 1.82) is 0 Å². The maximum Gasteiger partial charge on any atom is 0.263 e. The average molecular weight is 225 g/mol. The molecule has 2 heterocycles. The van der Waals surface area contributed by atoms with Gasteiger partial charge in [-0.3, -0.25) is 4.79 Å². The molecule has 0 atom stereocenters. The Morgan fingerprint density at radius 2 is 2.36 bits per heavy atom. The number of amides is 1. The molecule has 1 fully saturated rings. The highest BCUT2D eigenvalue weighted by atomic mass is 32.2. The van der Waals surface area contributed by atoms with Gasteiger partial charge in [-0.25, -0.2) is 0 Å². The first-order valence-corrected chi connectivity index (χ1v) is 5.19. The van der Waals surface area contributed by atoms with Crippen molar-refractivity contribution in [1.82, 2.24) is 5.32 Å². The van der Waals surface area contributed by atoms with Crippen LogP contribution in [-0.2, 0) is 4.79 Å². The van der Waals surface area contributed by atoms with Crippen LogP contribution < -0.4 is 5.32 Å². The van der Waals surface area contributed by atoms with Crippen LogP contribution in [0, 0.1) is 6.92 Å². The van der Waals surface area contributed by atoms with E-state index in [9.17, 15) is 4.79 Å². The first-order valence-electron chi connectivity index (χ1n) is 3.96. The topological polar surface area (TPSA) is 42.2 Å². The highest BCUT2D eigenvalue weighted by Gasteiger charge is 2.22. The molecule has 0 bridgehead atoms. The Bertz CT molecular complexity index is 434. The molecule has 0 unspecified atom stereocenters. The van der Waals surface area contributed by atoms with Gasteiger partial charge in [0.15, 0.2) is 0 Å². The van der Waals surface area contributed by atoms with E-state index >= 15 is 0 Å². The molecule has 72 valence electrons. The van der Waals surface area contributed by atoms with Crippen molar-refractivity contribution < 1.29 is 9.21 Å². The number of hydrogen-bond donors (Lipinski definition) is 1. The van der Waals surface area contributed by atoms with Gasteiger partial charge in [0.2, 0.25) is 0 Å². The first kappa shape index (κ1) is 9.48. The molecule has 1 aliphatic heterocycles. The molecule has 1 saturated heterocycles. The third-order valence-corrected chi connectivity index (χ3v) is 2.84. The monoisotopic (exact) mass is 225 g/mol. The van der Waals surface area contributed by atoms with Crippen LogP contribution in [0.2, 0.25) is 0 Å². The van der Waals surface area contributed by atoms with E-state index in [1.807, 2.05) is 19.1 Å². The maximum absolute atomic E-state index is 11.3. The molecule has 14 heavy (non-hydrogen) atoms. The second-order valence-corrected chi connectivity index (χ2v) is 4.52. The minimum atomic E-state index is -0.158. The van der Waals surface area contributed by atoms with Crippen LogP contribution in [0.4, 0.5) is 0 Å². The van der Waals surface area contributed by atoms with Gasteiger partial charge in [0, 0.05) is 6.08 Å². The van der Waals surface area contributed by atoms with E-state index in [4.69, 9.17) is 16.6 Å². The van der Waals surface area contributed by atoms with Crippen LogP contribution in [0.5, 0.6) is 0 Å². The van der Waals surface area contributed by atoms with E-state index in [0.29, 0.717) is 15.0 Å². The third kappa shape index (κ3) is 1.88. The SMILES string of the molecule is Cc1ccc(/C=C2/SC(=S)NC2=O)o1. The highest BCUT2D eigenvalue weighted by molar-refractivity contribution is 8.26. The minimum Gasteiger partial charge on any atom is -0.462 e. The van der Waals surface area contributed by atoms with Crippen LogP contribution in [0.15, 0.2) is 21.5 Å². The van der Waals surface area contributed by atoms with Crippen LogP contribution in [0.1, 0.15) is 11.5 Å². The second-order valence-electron chi connectivity index (χ2n) is 2.80. The fourth-order valence-electron chi connectivity index (χ4n) is 1.08. The number of rotatable bonds is 1. The van der Waals surface area contributed by atoms with Gasteiger partial charge < -0.3 is 9.73 Å². The maximum atomic E-state index is 11.3. The molecule has 0 radical (unpaired) electrons. The molecule has 1 aliphatic rings. The van der Waals surface area contributed by atoms with E-state index in [1.165, 1.54) is 11.8 Å². The number of nitrogens with one attached hydrogen (secondary N) is 1. The van der Waals surface area contributed by atoms with Crippen LogP contribution in [0.25, 0.3) is 6.08 Å². The van der Waals surface area contributed by atoms with Gasteiger partial charge >= 0.3 is 0 Å². The number of aryl methyl sites for hydroxylation is 1. The lowest BCUT2D eigenvalue weighted by Gasteiger charge is -1.88. The molecule has 1 N–H and O–H groups in total. The number of thiocarbonyl (C=S) groups is 1. The van der Waals surface area contributed by atoms with Crippen molar-refractivity contribution >= 4 is 40.3 Å². The highest BCUT2D eigenvalue weighted by Crippen LogP contribution is 2.26. The summed E-state index contributed by atoms with van der Waals surface area (Å²) in [5, 5.41) is 2.54. The van der Waals surface area contributed by atoms with Crippen LogP contribution in [0.3, 0.4) is 0 Å². The Morgan fingerprint density at radius 3 is 2.86 bits per heavy atom. The fourth-order valence-corrected chi connectivity index (χ4v) is 2.11. The molecule has 5 heteroatoms. The molecule has 2 rings (SSSR count). The lowest BCUT2D eigenvalue weighted by atomic mass is 10.4. The zero-order chi connectivity index (χ0) is 10.1. The summed E-state index contributed by atoms with van der Waals surface area (Å²) in [4.78, 5) is 11.8. The molecule has 1 aromatic heterocycles. The van der Waals surface area contributed by atoms with Gasteiger partial charge in [-0.05, 0) is 19.1 Å². The average Bonchev–Trinajstić information content (AvgIpc) is 2.61. The normalized spacial score (nSPS) is 19.1. The summed E-state index contributed by atoms with van der Waals surface area (Å²) >= 11 is 6.10. The van der Waals surface area contributed by atoms with Crippen LogP contribution in [-0.4, -0.2) is 10.2 Å². The van der Waals surface area contributed by atoms with Crippen molar-refractivity contribution in [3.63, 3.8) is 0 Å². The van der Waals surface area contributed by atoms with Crippen molar-refractivity contribution in [3.8, 4) is 0 Å². The van der Waals surface area contributed by atoms with Crippen molar-refractivity contribution in [2.45, 2.75) is 6.92 Å². The number of furan rings is 1. The van der Waals surface area contributed by atoms with Gasteiger partial charge in [-0.2, -0.15) is 0 Å². The smallest absolute Gasteiger partial charge is 0.263 e. The van der Waals surface area contributed by atoms with E-state index in [0.717, 1.165) is 5.76 Å². The van der Waals surface area contributed by atoms with Gasteiger partial charge in [0.1, 0.15) is 15.8 Å². The molecule has 0 aliphatic carbocycles. The lowest BCUT2D eigenvalue weighted by Crippen LogP contribution is -2.17. The molecule has 0 spiro atoms. The van der Waals surface area contributed by atoms with E-state index in [2.05, 4.69) is 5.32 Å². The van der Waals surface area contributed by atoms with Crippen molar-refractivity contribution in [2.75, 3.05) is 0 Å². The molecule has 3 nitrogen and oxygen atoms in total. The van der Waals surface area contributed by atoms with E-state index in [-0.39, 0.29) is 5.91 Å². The molecule has 1 amide bonds. The molecular weight excluding hydrogens is 218 g/mol. The van der Waals surface area contributed by atoms with Crippen molar-refractivity contribution in [2.24, 2.45) is 0 Å². The van der Waals surface area contributed by atoms with Crippen molar-refractivity contribution in [3.05, 3.63) is 28.6 Å². The zero-order valence-electron chi connectivity index (χ0n) is 7.37. The summed E-state index contributed by atoms with van der Waals surface area (Å²) in [7, 11) is 0. The van der Waals surface area contributed by atoms with Gasteiger partial charge in [-0.1, -0.05) is 24.0 Å². The number of carbonyl (C=O) groups is 1. The summed E-state index contributed by atoms with van der Waals surface area (Å²) in [6.45, 7) is 1.86. The Hall–Kier alpha value is -1.07. The minimum absolute atomic E-state index is 0.158. The molecular formula is C9H7NO2S2. The number of thioether (sulfide) groups is 1. The summed E-state index contributed by atoms with van der Waals surface area (Å²) < 4.78 is 5.81. The Balaban J connectivity index is 2.27. The molecule has 0 aromatic carbocycles. The number of hydrogen-bond acceptors (Lipinski definition) is 4. The zero-order valence-corrected chi connectivity index (χ0v) is 9.00. The Kier molecular flexibility index (Phi) is 2.43. The summed E-state index contributed by atoms with van der Waals surface area (Å²) in [6.07, 6.45) is 1.69. The standard InChI is InChI=1S/C9H7NO2S2/c1-5-2-3-6(12-5)4-7-8(11)10-9(13)14-7/h2-4H,1H3,(H,10,11,13)/b7-4+.